The summed E-state index contributed by atoms with van der Waals surface area (Å²) in [7, 11) is 0. The average Bonchev–Trinajstić information content (AvgIpc) is 2.62. The molecule has 2 atom stereocenters. The molecule has 0 aliphatic heterocycles. The standard InChI is InChI=1S/C19H33N5O2S/c1-4-6-12-24-16(20)15(17(25)22-18(24)26)23(11-5-2)19(27)21-14-10-8-7-9-13(14)3/h13-14H,4-12,20H2,1-3H3,(H,21,27)(H,22,25,26)/t13-,14-/m1/s1. The van der Waals surface area contributed by atoms with Crippen molar-refractivity contribution in [3.05, 3.63) is 20.8 Å². The van der Waals surface area contributed by atoms with Crippen LogP contribution in [0.15, 0.2) is 9.59 Å². The molecule has 0 radical (unpaired) electrons. The second-order valence-electron chi connectivity index (χ2n) is 7.47. The number of rotatable bonds is 7. The first kappa shape index (κ1) is 21.5. The molecular weight excluding hydrogens is 362 g/mol. The summed E-state index contributed by atoms with van der Waals surface area (Å²) in [6.45, 7) is 7.34. The molecule has 1 saturated carbocycles. The SMILES string of the molecule is CCCCn1c(N)c(N(CCC)C(=S)N[C@@H]2CCCC[C@H]2C)c(=O)[nH]c1=O. The van der Waals surface area contributed by atoms with Crippen molar-refractivity contribution in [3.8, 4) is 0 Å². The van der Waals surface area contributed by atoms with Gasteiger partial charge in [-0.05, 0) is 43.8 Å². The molecule has 8 heteroatoms. The summed E-state index contributed by atoms with van der Waals surface area (Å²) in [5.41, 5.74) is 5.59. The van der Waals surface area contributed by atoms with Gasteiger partial charge in [0.1, 0.15) is 5.82 Å². The largest absolute Gasteiger partial charge is 0.383 e. The van der Waals surface area contributed by atoms with Crippen LogP contribution in [0.1, 0.15) is 65.7 Å². The first-order chi connectivity index (χ1) is 12.9. The first-order valence-electron chi connectivity index (χ1n) is 10.1. The van der Waals surface area contributed by atoms with Crippen LogP contribution in [0.25, 0.3) is 0 Å². The van der Waals surface area contributed by atoms with Crippen molar-refractivity contribution in [1.29, 1.82) is 0 Å². The van der Waals surface area contributed by atoms with E-state index in [0.717, 1.165) is 25.7 Å². The maximum Gasteiger partial charge on any atom is 0.330 e. The van der Waals surface area contributed by atoms with Crippen LogP contribution in [0.3, 0.4) is 0 Å². The fraction of sp³-hybridized carbons (Fsp3) is 0.737. The number of nitrogen functional groups attached to an aromatic ring is 1. The van der Waals surface area contributed by atoms with Gasteiger partial charge in [0, 0.05) is 19.1 Å². The van der Waals surface area contributed by atoms with E-state index in [1.54, 1.807) is 4.90 Å². The molecular formula is C19H33N5O2S. The lowest BCUT2D eigenvalue weighted by atomic mass is 9.86. The lowest BCUT2D eigenvalue weighted by Crippen LogP contribution is -2.50. The number of nitrogens with zero attached hydrogens (tertiary/aromatic N) is 2. The van der Waals surface area contributed by atoms with E-state index in [-0.39, 0.29) is 11.5 Å². The minimum Gasteiger partial charge on any atom is -0.383 e. The summed E-state index contributed by atoms with van der Waals surface area (Å²) in [5, 5.41) is 3.95. The molecule has 4 N–H and O–H groups in total. The number of anilines is 2. The normalized spacial score (nSPS) is 19.7. The van der Waals surface area contributed by atoms with E-state index >= 15 is 0 Å². The predicted molar refractivity (Wildman–Crippen MR) is 115 cm³/mol. The number of H-pyrrole nitrogens is 1. The maximum absolute atomic E-state index is 12.6. The van der Waals surface area contributed by atoms with Gasteiger partial charge in [0.2, 0.25) is 0 Å². The zero-order chi connectivity index (χ0) is 20.0. The van der Waals surface area contributed by atoms with Gasteiger partial charge in [0.05, 0.1) is 0 Å². The Bertz CT molecular complexity index is 757. The van der Waals surface area contributed by atoms with Crippen molar-refractivity contribution < 1.29 is 0 Å². The number of aromatic nitrogens is 2. The highest BCUT2D eigenvalue weighted by molar-refractivity contribution is 7.80. The summed E-state index contributed by atoms with van der Waals surface area (Å²) < 4.78 is 1.44. The van der Waals surface area contributed by atoms with E-state index in [4.69, 9.17) is 18.0 Å². The Hall–Kier alpha value is -1.83. The molecule has 0 bridgehead atoms. The van der Waals surface area contributed by atoms with E-state index in [9.17, 15) is 9.59 Å². The summed E-state index contributed by atoms with van der Waals surface area (Å²) in [5.74, 6) is 0.723. The fourth-order valence-corrected chi connectivity index (χ4v) is 4.02. The van der Waals surface area contributed by atoms with Crippen LogP contribution in [0, 0.1) is 5.92 Å². The molecule has 1 fully saturated rings. The van der Waals surface area contributed by atoms with Gasteiger partial charge in [-0.2, -0.15) is 0 Å². The van der Waals surface area contributed by atoms with Gasteiger partial charge in [-0.15, -0.1) is 0 Å². The Morgan fingerprint density at radius 3 is 2.63 bits per heavy atom. The molecule has 1 heterocycles. The van der Waals surface area contributed by atoms with Crippen molar-refractivity contribution >= 4 is 28.8 Å². The second-order valence-corrected chi connectivity index (χ2v) is 7.85. The molecule has 1 aliphatic carbocycles. The number of nitrogens with two attached hydrogens (primary N) is 1. The molecule has 0 spiro atoms. The number of hydrogen-bond donors (Lipinski definition) is 3. The Balaban J connectivity index is 2.36. The van der Waals surface area contributed by atoms with Crippen LogP contribution in [0.4, 0.5) is 11.5 Å². The highest BCUT2D eigenvalue weighted by atomic mass is 32.1. The van der Waals surface area contributed by atoms with Crippen molar-refractivity contribution in [2.24, 2.45) is 5.92 Å². The molecule has 1 aliphatic rings. The Labute approximate surface area is 166 Å². The predicted octanol–water partition coefficient (Wildman–Crippen LogP) is 2.59. The number of aromatic amines is 1. The van der Waals surface area contributed by atoms with Crippen LogP contribution in [-0.2, 0) is 6.54 Å². The summed E-state index contributed by atoms with van der Waals surface area (Å²) in [6.07, 6.45) is 7.23. The first-order valence-corrected chi connectivity index (χ1v) is 10.5. The number of thiocarbonyl (C=S) groups is 1. The van der Waals surface area contributed by atoms with Gasteiger partial charge in [-0.25, -0.2) is 4.79 Å². The molecule has 2 rings (SSSR count). The van der Waals surface area contributed by atoms with Crippen LogP contribution in [0.5, 0.6) is 0 Å². The molecule has 1 aromatic rings. The fourth-order valence-electron chi connectivity index (χ4n) is 3.68. The molecule has 27 heavy (non-hydrogen) atoms. The number of unbranched alkanes of at least 4 members (excludes halogenated alkanes) is 1. The third-order valence-electron chi connectivity index (χ3n) is 5.33. The molecule has 0 amide bonds. The van der Waals surface area contributed by atoms with Crippen molar-refractivity contribution in [2.75, 3.05) is 17.2 Å². The summed E-state index contributed by atoms with van der Waals surface area (Å²) in [4.78, 5) is 28.9. The van der Waals surface area contributed by atoms with Crippen LogP contribution in [-0.4, -0.2) is 27.3 Å². The molecule has 7 nitrogen and oxygen atoms in total. The molecule has 0 saturated heterocycles. The monoisotopic (exact) mass is 395 g/mol. The Morgan fingerprint density at radius 2 is 2.00 bits per heavy atom. The van der Waals surface area contributed by atoms with E-state index < -0.39 is 11.2 Å². The van der Waals surface area contributed by atoms with Crippen molar-refractivity contribution in [2.45, 2.75) is 78.3 Å². The van der Waals surface area contributed by atoms with Crippen molar-refractivity contribution in [1.82, 2.24) is 14.9 Å². The van der Waals surface area contributed by atoms with E-state index in [1.165, 1.54) is 23.8 Å². The molecule has 0 unspecified atom stereocenters. The van der Waals surface area contributed by atoms with E-state index in [1.807, 2.05) is 13.8 Å². The topological polar surface area (TPSA) is 96.2 Å². The average molecular weight is 396 g/mol. The minimum atomic E-state index is -0.487. The van der Waals surface area contributed by atoms with Crippen molar-refractivity contribution in [3.63, 3.8) is 0 Å². The van der Waals surface area contributed by atoms with Gasteiger partial charge in [-0.3, -0.25) is 14.3 Å². The third kappa shape index (κ3) is 5.12. The van der Waals surface area contributed by atoms with Crippen LogP contribution in [0.2, 0.25) is 0 Å². The minimum absolute atomic E-state index is 0.187. The highest BCUT2D eigenvalue weighted by Crippen LogP contribution is 2.25. The second kappa shape index (κ2) is 9.92. The molecule has 0 aromatic carbocycles. The number of nitrogens with one attached hydrogen (secondary N) is 2. The maximum atomic E-state index is 12.6. The third-order valence-corrected chi connectivity index (χ3v) is 5.67. The van der Waals surface area contributed by atoms with Gasteiger partial charge in [0.15, 0.2) is 10.8 Å². The van der Waals surface area contributed by atoms with Gasteiger partial charge in [-0.1, -0.05) is 40.0 Å². The smallest absolute Gasteiger partial charge is 0.330 e. The highest BCUT2D eigenvalue weighted by Gasteiger charge is 2.26. The molecule has 152 valence electrons. The van der Waals surface area contributed by atoms with Crippen LogP contribution >= 0.6 is 12.2 Å². The lowest BCUT2D eigenvalue weighted by Gasteiger charge is -2.34. The van der Waals surface area contributed by atoms with Gasteiger partial charge >= 0.3 is 5.69 Å². The zero-order valence-electron chi connectivity index (χ0n) is 16.7. The van der Waals surface area contributed by atoms with E-state index in [0.29, 0.717) is 30.2 Å². The van der Waals surface area contributed by atoms with Gasteiger partial charge in [0.25, 0.3) is 5.56 Å². The lowest BCUT2D eigenvalue weighted by molar-refractivity contribution is 0.309. The van der Waals surface area contributed by atoms with Crippen LogP contribution < -0.4 is 27.2 Å². The quantitative estimate of drug-likeness (QED) is 0.614. The zero-order valence-corrected chi connectivity index (χ0v) is 17.5. The molecule has 1 aromatic heterocycles. The van der Waals surface area contributed by atoms with E-state index in [2.05, 4.69) is 17.2 Å². The Morgan fingerprint density at radius 1 is 1.30 bits per heavy atom. The summed E-state index contributed by atoms with van der Waals surface area (Å²) >= 11 is 5.66. The Kier molecular flexibility index (Phi) is 7.89. The van der Waals surface area contributed by atoms with Gasteiger partial charge < -0.3 is 16.0 Å². The summed E-state index contributed by atoms with van der Waals surface area (Å²) in [6, 6.07) is 0.303. The number of hydrogen-bond acceptors (Lipinski definition) is 4.